The molecule has 2 atom stereocenters. The van der Waals surface area contributed by atoms with Gasteiger partial charge in [0.1, 0.15) is 13.2 Å². The van der Waals surface area contributed by atoms with Crippen LogP contribution in [0, 0.1) is 11.8 Å². The van der Waals surface area contributed by atoms with Crippen LogP contribution in [0.1, 0.15) is 40.5 Å². The molecule has 146 valence electrons. The maximum absolute atomic E-state index is 11.5. The second-order valence-electron chi connectivity index (χ2n) is 4.78. The zero-order valence-electron chi connectivity index (χ0n) is 15.4. The van der Waals surface area contributed by atoms with Crippen molar-refractivity contribution in [1.29, 1.82) is 0 Å². The smallest absolute Gasteiger partial charge is 0.308 e. The minimum atomic E-state index is -3.72. The van der Waals surface area contributed by atoms with Crippen LogP contribution in [0.2, 0.25) is 0 Å². The van der Waals surface area contributed by atoms with Crippen molar-refractivity contribution in [3.63, 3.8) is 0 Å². The first kappa shape index (κ1) is 27.6. The molecule has 0 aromatic heterocycles. The molecule has 9 nitrogen and oxygen atoms in total. The predicted molar refractivity (Wildman–Crippen MR) is 87.7 cm³/mol. The molecule has 0 heterocycles. The van der Waals surface area contributed by atoms with E-state index in [1.807, 2.05) is 33.1 Å². The number of carbonyl (C=O) groups excluding carboxylic acids is 2. The number of amides is 1. The van der Waals surface area contributed by atoms with Crippen molar-refractivity contribution in [3.8, 4) is 0 Å². The average Bonchev–Trinajstić information content (AvgIpc) is 2.53. The lowest BCUT2D eigenvalue weighted by molar-refractivity contribution is -0.634. The first-order valence-electron chi connectivity index (χ1n) is 7.84. The van der Waals surface area contributed by atoms with Gasteiger partial charge in [0.25, 0.3) is 10.1 Å². The number of hydrogen-bond donors (Lipinski definition) is 2. The van der Waals surface area contributed by atoms with Gasteiger partial charge in [-0.15, -0.1) is 0 Å². The number of carbonyl (C=O) groups is 2. The fraction of sp³-hybridized carbons (Fsp3) is 0.857. The zero-order chi connectivity index (χ0) is 19.8. The number of ether oxygens (including phenoxy) is 1. The first-order valence-corrected chi connectivity index (χ1v) is 9.65. The zero-order valence-corrected chi connectivity index (χ0v) is 16.2. The van der Waals surface area contributed by atoms with E-state index in [2.05, 4.69) is 4.33 Å². The van der Waals surface area contributed by atoms with Gasteiger partial charge in [-0.3, -0.25) is 9.59 Å². The summed E-state index contributed by atoms with van der Waals surface area (Å²) >= 11 is 0. The third kappa shape index (κ3) is 18.8. The Morgan fingerprint density at radius 3 is 2.04 bits per heavy atom. The summed E-state index contributed by atoms with van der Waals surface area (Å²) in [5.74, 6) is -1.10. The lowest BCUT2D eigenvalue weighted by Crippen LogP contribution is -2.80. The van der Waals surface area contributed by atoms with Crippen LogP contribution in [0.3, 0.4) is 0 Å². The summed E-state index contributed by atoms with van der Waals surface area (Å²) < 4.78 is 26.6. The van der Waals surface area contributed by atoms with Crippen LogP contribution in [0.15, 0.2) is 0 Å². The summed E-state index contributed by atoms with van der Waals surface area (Å²) in [4.78, 5) is 22.5. The summed E-state index contributed by atoms with van der Waals surface area (Å²) in [6.45, 7) is 8.82. The fourth-order valence-electron chi connectivity index (χ4n) is 1.43. The van der Waals surface area contributed by atoms with Crippen molar-refractivity contribution in [3.05, 3.63) is 0 Å². The van der Waals surface area contributed by atoms with Gasteiger partial charge in [-0.05, 0) is 12.8 Å². The highest BCUT2D eigenvalue weighted by atomic mass is 32.2. The molecule has 0 radical (unpaired) electrons. The molecule has 0 aromatic rings. The molecule has 4 N–H and O–H groups in total. The van der Waals surface area contributed by atoms with E-state index >= 15 is 0 Å². The van der Waals surface area contributed by atoms with Crippen molar-refractivity contribution in [2.75, 3.05) is 26.5 Å². The van der Waals surface area contributed by atoms with Crippen LogP contribution in [-0.4, -0.2) is 46.7 Å². The third-order valence-corrected chi connectivity index (χ3v) is 2.96. The number of hydrogen-bond acceptors (Lipinski definition) is 7. The van der Waals surface area contributed by atoms with Gasteiger partial charge in [0.15, 0.2) is 0 Å². The summed E-state index contributed by atoms with van der Waals surface area (Å²) in [5.41, 5.74) is 5.22. The molecule has 1 unspecified atom stereocenters. The molecule has 0 bridgehead atoms. The highest BCUT2D eigenvalue weighted by molar-refractivity contribution is 7.85. The molecule has 10 heteroatoms. The third-order valence-electron chi connectivity index (χ3n) is 2.71. The van der Waals surface area contributed by atoms with E-state index in [4.69, 9.17) is 15.7 Å². The van der Waals surface area contributed by atoms with E-state index in [0.29, 0.717) is 25.7 Å². The van der Waals surface area contributed by atoms with Crippen LogP contribution in [0.25, 0.3) is 0 Å². The van der Waals surface area contributed by atoms with E-state index in [1.165, 1.54) is 0 Å². The van der Waals surface area contributed by atoms with E-state index in [1.54, 1.807) is 6.92 Å². The first-order chi connectivity index (χ1) is 11.1. The maximum Gasteiger partial charge on any atom is 0.308 e. The van der Waals surface area contributed by atoms with Gasteiger partial charge in [-0.1, -0.05) is 27.7 Å². The second-order valence-corrected chi connectivity index (χ2v) is 6.33. The Morgan fingerprint density at radius 1 is 1.29 bits per heavy atom. The largest absolute Gasteiger partial charge is 0.707 e. The van der Waals surface area contributed by atoms with Crippen molar-refractivity contribution in [2.24, 2.45) is 17.6 Å². The van der Waals surface area contributed by atoms with Crippen molar-refractivity contribution >= 4 is 22.0 Å². The van der Waals surface area contributed by atoms with Gasteiger partial charge >= 0.3 is 5.97 Å². The van der Waals surface area contributed by atoms with Gasteiger partial charge in [-0.25, -0.2) is 8.42 Å². The van der Waals surface area contributed by atoms with Crippen molar-refractivity contribution in [2.45, 2.75) is 40.5 Å². The molecule has 0 rings (SSSR count). The Balaban J connectivity index is -0.000000462. The Bertz CT molecular complexity index is 427. The van der Waals surface area contributed by atoms with Gasteiger partial charge in [0.2, 0.25) is 5.91 Å². The molecule has 0 spiro atoms. The van der Waals surface area contributed by atoms with Crippen molar-refractivity contribution in [1.82, 2.24) is 0 Å². The van der Waals surface area contributed by atoms with Crippen LogP contribution in [0.4, 0.5) is 0 Å². The highest BCUT2D eigenvalue weighted by Gasteiger charge is 2.22. The highest BCUT2D eigenvalue weighted by Crippen LogP contribution is 2.16. The number of rotatable bonds is 9. The quantitative estimate of drug-likeness (QED) is 0.217. The fourth-order valence-corrected chi connectivity index (χ4v) is 1.43. The van der Waals surface area contributed by atoms with Crippen LogP contribution >= 0.6 is 0 Å². The summed E-state index contributed by atoms with van der Waals surface area (Å²) in [7, 11) is -1.80. The minimum Gasteiger partial charge on any atom is -0.707 e. The molecule has 1 amide bonds. The number of likely N-dealkylation sites (N-methyl/N-ethyl adjacent to an activating group) is 1. The van der Waals surface area contributed by atoms with E-state index in [9.17, 15) is 18.0 Å². The van der Waals surface area contributed by atoms with Crippen LogP contribution in [0.5, 0.6) is 0 Å². The second kappa shape index (κ2) is 16.6. The molecular weight excluding hydrogens is 340 g/mol. The number of esters is 1. The molecular formula is C14H32N2O7S. The average molecular weight is 372 g/mol. The van der Waals surface area contributed by atoms with Gasteiger partial charge in [0.05, 0.1) is 19.2 Å². The van der Waals surface area contributed by atoms with Gasteiger partial charge in [-0.2, -0.15) is 0 Å². The number of primary amides is 1. The van der Waals surface area contributed by atoms with E-state index < -0.39 is 10.1 Å². The Labute approximate surface area is 144 Å². The summed E-state index contributed by atoms with van der Waals surface area (Å²) in [6.07, 6.45) is 1.82. The molecule has 0 saturated heterocycles. The summed E-state index contributed by atoms with van der Waals surface area (Å²) in [5, 5.41) is 10.8. The monoisotopic (exact) mass is 372 g/mol. The van der Waals surface area contributed by atoms with Crippen LogP contribution < -0.4 is 16.3 Å². The van der Waals surface area contributed by atoms with Crippen molar-refractivity contribution < 1.29 is 37.7 Å². The SMILES string of the molecule is CC.CC[C@H](CC(C)C(=O)OCC[NH2+]C)C(N)=O.CS(=O)(=O)O[O-]. The Kier molecular flexibility index (Phi) is 19.1. The predicted octanol–water partition coefficient (Wildman–Crippen LogP) is -1.48. The van der Waals surface area contributed by atoms with E-state index in [0.717, 1.165) is 6.54 Å². The molecule has 0 fully saturated rings. The van der Waals surface area contributed by atoms with Gasteiger partial charge in [0, 0.05) is 5.92 Å². The standard InChI is InChI=1S/C11H22N2O3.C2H6.CH4O4S/c1-4-9(10(12)14)7-8(2)11(15)16-6-5-13-3;1-2;1-6(3,4)5-2/h8-9,13H,4-7H2,1-3H3,(H2,12,14);1-2H3;2H,1H3/t8?,9-;;/m1../s1. The molecule has 0 aliphatic carbocycles. The Morgan fingerprint density at radius 2 is 1.75 bits per heavy atom. The maximum atomic E-state index is 11.5. The molecule has 0 aliphatic rings. The topological polar surface area (TPSA) is 152 Å². The van der Waals surface area contributed by atoms with Crippen LogP contribution in [-0.2, 0) is 28.8 Å². The lowest BCUT2D eigenvalue weighted by Gasteiger charge is -2.15. The molecule has 0 aromatic carbocycles. The van der Waals surface area contributed by atoms with Gasteiger partial charge < -0.3 is 25.4 Å². The molecule has 24 heavy (non-hydrogen) atoms. The number of nitrogens with two attached hydrogens (primary N) is 2. The normalized spacial score (nSPS) is 12.6. The summed E-state index contributed by atoms with van der Waals surface area (Å²) in [6, 6.07) is 0. The number of quaternary nitrogens is 1. The van der Waals surface area contributed by atoms with E-state index in [-0.39, 0.29) is 23.7 Å². The minimum absolute atomic E-state index is 0.236. The Hall–Kier alpha value is -1.23. The molecule has 0 aliphatic heterocycles. The lowest BCUT2D eigenvalue weighted by atomic mass is 9.93. The molecule has 0 saturated carbocycles.